The fourth-order valence-corrected chi connectivity index (χ4v) is 4.93. The van der Waals surface area contributed by atoms with Crippen molar-refractivity contribution in [1.29, 1.82) is 0 Å². The zero-order valence-corrected chi connectivity index (χ0v) is 16.1. The van der Waals surface area contributed by atoms with E-state index in [0.29, 0.717) is 11.9 Å². The zero-order chi connectivity index (χ0) is 19.6. The molecule has 1 aliphatic carbocycles. The van der Waals surface area contributed by atoms with E-state index < -0.39 is 5.54 Å². The Hall–Kier alpha value is -3.48. The summed E-state index contributed by atoms with van der Waals surface area (Å²) in [6.45, 7) is 0.839. The first-order valence-corrected chi connectivity index (χ1v) is 9.87. The number of hydrogen-bond donors (Lipinski definition) is 0. The third-order valence-corrected chi connectivity index (χ3v) is 6.30. The number of likely N-dealkylation sites (N-methyl/N-ethyl adjacent to an activating group) is 1. The minimum Gasteiger partial charge on any atom is -0.336 e. The van der Waals surface area contributed by atoms with Gasteiger partial charge in [0, 0.05) is 31.5 Å². The topological polar surface area (TPSA) is 67.2 Å². The molecule has 2 bridgehead atoms. The standard InChI is InChI=1S/C22H20N6O/c1-26-17-13-24-21(27-11-10-23-18(27)16-7-3-2-4-8-16)25-19(17)28-14-15-6-5-9-22(28,12-15)20(26)29/h2-5,7-11,13,15H,6,12,14H2,1H3. The van der Waals surface area contributed by atoms with Crippen LogP contribution in [0.1, 0.15) is 12.8 Å². The first-order valence-electron chi connectivity index (χ1n) is 9.87. The summed E-state index contributed by atoms with van der Waals surface area (Å²) in [5, 5.41) is 0. The Morgan fingerprint density at radius 3 is 2.90 bits per heavy atom. The van der Waals surface area contributed by atoms with Crippen LogP contribution < -0.4 is 9.80 Å². The number of carbonyl (C=O) groups is 1. The van der Waals surface area contributed by atoms with E-state index in [1.807, 2.05) is 48.1 Å². The molecule has 6 rings (SSSR count). The quantitative estimate of drug-likeness (QED) is 0.636. The van der Waals surface area contributed by atoms with Gasteiger partial charge in [-0.2, -0.15) is 4.98 Å². The highest BCUT2D eigenvalue weighted by atomic mass is 16.2. The molecule has 1 spiro atoms. The van der Waals surface area contributed by atoms with Crippen molar-refractivity contribution in [3.63, 3.8) is 0 Å². The third-order valence-electron chi connectivity index (χ3n) is 6.30. The Morgan fingerprint density at radius 2 is 2.03 bits per heavy atom. The molecule has 3 aromatic rings. The Morgan fingerprint density at radius 1 is 1.17 bits per heavy atom. The Balaban J connectivity index is 1.51. The number of benzene rings is 1. The lowest BCUT2D eigenvalue weighted by atomic mass is 9.83. The van der Waals surface area contributed by atoms with Crippen LogP contribution >= 0.6 is 0 Å². The van der Waals surface area contributed by atoms with Gasteiger partial charge in [-0.05, 0) is 18.8 Å². The molecule has 1 saturated heterocycles. The highest BCUT2D eigenvalue weighted by Crippen LogP contribution is 2.49. The molecule has 144 valence electrons. The first-order chi connectivity index (χ1) is 14.2. The molecule has 1 aromatic carbocycles. The number of allylic oxidation sites excluding steroid dienone is 1. The predicted octanol–water partition coefficient (Wildman–Crippen LogP) is 2.83. The van der Waals surface area contributed by atoms with Crippen LogP contribution in [0, 0.1) is 5.92 Å². The van der Waals surface area contributed by atoms with Crippen LogP contribution in [-0.2, 0) is 4.79 Å². The fraction of sp³-hybridized carbons (Fsp3) is 0.273. The summed E-state index contributed by atoms with van der Waals surface area (Å²) in [7, 11) is 1.82. The van der Waals surface area contributed by atoms with Gasteiger partial charge in [0.25, 0.3) is 5.91 Å². The predicted molar refractivity (Wildman–Crippen MR) is 110 cm³/mol. The van der Waals surface area contributed by atoms with Gasteiger partial charge >= 0.3 is 0 Å². The molecule has 2 aromatic heterocycles. The van der Waals surface area contributed by atoms with Crippen LogP contribution in [0.25, 0.3) is 17.3 Å². The lowest BCUT2D eigenvalue weighted by Crippen LogP contribution is -2.59. The monoisotopic (exact) mass is 384 g/mol. The van der Waals surface area contributed by atoms with Crippen molar-refractivity contribution >= 4 is 17.4 Å². The van der Waals surface area contributed by atoms with Crippen LogP contribution in [0.15, 0.2) is 61.1 Å². The van der Waals surface area contributed by atoms with Crippen LogP contribution in [0.4, 0.5) is 11.5 Å². The minimum absolute atomic E-state index is 0.104. The molecule has 29 heavy (non-hydrogen) atoms. The number of aromatic nitrogens is 4. The van der Waals surface area contributed by atoms with Crippen LogP contribution in [0.2, 0.25) is 0 Å². The Labute approximate surface area is 168 Å². The molecule has 3 aliphatic rings. The minimum atomic E-state index is -0.604. The van der Waals surface area contributed by atoms with Gasteiger partial charge in [0.15, 0.2) is 5.82 Å². The summed E-state index contributed by atoms with van der Waals surface area (Å²) >= 11 is 0. The fourth-order valence-electron chi connectivity index (χ4n) is 4.93. The van der Waals surface area contributed by atoms with E-state index in [9.17, 15) is 4.79 Å². The molecule has 1 amide bonds. The summed E-state index contributed by atoms with van der Waals surface area (Å²) in [6, 6.07) is 10.0. The maximum Gasteiger partial charge on any atom is 0.256 e. The van der Waals surface area contributed by atoms with E-state index in [2.05, 4.69) is 27.0 Å². The lowest BCUT2D eigenvalue weighted by Gasteiger charge is -2.44. The van der Waals surface area contributed by atoms with Crippen molar-refractivity contribution < 1.29 is 4.79 Å². The average molecular weight is 384 g/mol. The number of anilines is 2. The number of hydrogen-bond acceptors (Lipinski definition) is 5. The molecule has 0 radical (unpaired) electrons. The van der Waals surface area contributed by atoms with Crippen LogP contribution in [0.5, 0.6) is 0 Å². The second-order valence-corrected chi connectivity index (χ2v) is 7.97. The van der Waals surface area contributed by atoms with Gasteiger partial charge in [-0.3, -0.25) is 9.36 Å². The normalized spacial score (nSPS) is 24.6. The van der Waals surface area contributed by atoms with E-state index in [1.54, 1.807) is 17.3 Å². The van der Waals surface area contributed by atoms with E-state index in [4.69, 9.17) is 4.98 Å². The molecule has 2 aliphatic heterocycles. The van der Waals surface area contributed by atoms with Crippen molar-refractivity contribution in [3.05, 3.63) is 61.1 Å². The van der Waals surface area contributed by atoms with Gasteiger partial charge in [0.05, 0.1) is 6.20 Å². The van der Waals surface area contributed by atoms with E-state index in [0.717, 1.165) is 42.3 Å². The highest BCUT2D eigenvalue weighted by Gasteiger charge is 2.56. The van der Waals surface area contributed by atoms with Crippen molar-refractivity contribution in [2.45, 2.75) is 18.4 Å². The van der Waals surface area contributed by atoms with Crippen molar-refractivity contribution in [2.24, 2.45) is 5.92 Å². The third kappa shape index (κ3) is 2.18. The molecular formula is C22H20N6O. The average Bonchev–Trinajstić information content (AvgIpc) is 3.35. The van der Waals surface area contributed by atoms with E-state index in [1.165, 1.54) is 0 Å². The van der Waals surface area contributed by atoms with Crippen LogP contribution in [0.3, 0.4) is 0 Å². The largest absolute Gasteiger partial charge is 0.336 e. The smallest absolute Gasteiger partial charge is 0.256 e. The summed E-state index contributed by atoms with van der Waals surface area (Å²) in [5.41, 5.74) is 1.15. The molecule has 0 saturated carbocycles. The number of imidazole rings is 1. The van der Waals surface area contributed by atoms with Gasteiger partial charge < -0.3 is 9.80 Å². The molecule has 2 unspecified atom stereocenters. The number of amides is 1. The van der Waals surface area contributed by atoms with Crippen molar-refractivity contribution in [2.75, 3.05) is 23.4 Å². The van der Waals surface area contributed by atoms with E-state index in [-0.39, 0.29) is 5.91 Å². The lowest BCUT2D eigenvalue weighted by molar-refractivity contribution is -0.122. The number of carbonyl (C=O) groups excluding carboxylic acids is 1. The molecule has 0 N–H and O–H groups in total. The molecule has 7 heteroatoms. The summed E-state index contributed by atoms with van der Waals surface area (Å²) in [4.78, 5) is 31.1. The number of fused-ring (bicyclic) bond motifs is 3. The maximum atomic E-state index is 13.2. The Bertz CT molecular complexity index is 1150. The summed E-state index contributed by atoms with van der Waals surface area (Å²) in [5.74, 6) is 2.75. The SMILES string of the molecule is CN1C(=O)C23C=CCC(CN2c2nc(-n4ccnc4-c4ccccc4)ncc21)C3. The first kappa shape index (κ1) is 16.5. The molecule has 4 heterocycles. The number of nitrogens with zero attached hydrogens (tertiary/aromatic N) is 6. The Kier molecular flexibility index (Phi) is 3.27. The van der Waals surface area contributed by atoms with E-state index >= 15 is 0 Å². The molecule has 7 nitrogen and oxygen atoms in total. The summed E-state index contributed by atoms with van der Waals surface area (Å²) < 4.78 is 1.90. The summed E-state index contributed by atoms with van der Waals surface area (Å²) in [6.07, 6.45) is 11.5. The zero-order valence-electron chi connectivity index (χ0n) is 16.1. The van der Waals surface area contributed by atoms with Gasteiger partial charge in [-0.1, -0.05) is 42.5 Å². The van der Waals surface area contributed by atoms with Gasteiger partial charge in [0.2, 0.25) is 5.95 Å². The van der Waals surface area contributed by atoms with Crippen molar-refractivity contribution in [3.8, 4) is 17.3 Å². The second kappa shape index (κ2) is 5.76. The molecular weight excluding hydrogens is 364 g/mol. The van der Waals surface area contributed by atoms with Crippen molar-refractivity contribution in [1.82, 2.24) is 19.5 Å². The molecule has 1 fully saturated rings. The van der Waals surface area contributed by atoms with Gasteiger partial charge in [0.1, 0.15) is 17.1 Å². The molecule has 2 atom stereocenters. The van der Waals surface area contributed by atoms with Gasteiger partial charge in [-0.25, -0.2) is 9.97 Å². The van der Waals surface area contributed by atoms with Crippen LogP contribution in [-0.4, -0.2) is 44.6 Å². The maximum absolute atomic E-state index is 13.2. The highest BCUT2D eigenvalue weighted by molar-refractivity contribution is 6.09. The number of rotatable bonds is 2. The van der Waals surface area contributed by atoms with Gasteiger partial charge in [-0.15, -0.1) is 0 Å². The second-order valence-electron chi connectivity index (χ2n) is 7.97.